The molecule has 6 heteroatoms. The van der Waals surface area contributed by atoms with E-state index in [0.717, 1.165) is 24.1 Å². The van der Waals surface area contributed by atoms with Crippen molar-refractivity contribution < 1.29 is 14.3 Å². The Labute approximate surface area is 160 Å². The summed E-state index contributed by atoms with van der Waals surface area (Å²) in [5.74, 6) is 0.393. The molecule has 0 saturated carbocycles. The first-order valence-electron chi connectivity index (χ1n) is 9.71. The van der Waals surface area contributed by atoms with Gasteiger partial charge in [0.25, 0.3) is 5.91 Å². The number of thiophene rings is 1. The third-order valence-corrected chi connectivity index (χ3v) is 6.78. The van der Waals surface area contributed by atoms with Crippen LogP contribution in [-0.4, -0.2) is 60.0 Å². The highest BCUT2D eigenvalue weighted by Gasteiger charge is 2.34. The van der Waals surface area contributed by atoms with Crippen LogP contribution in [0.25, 0.3) is 0 Å². The Balaban J connectivity index is 1.56. The van der Waals surface area contributed by atoms with Crippen LogP contribution in [0.15, 0.2) is 6.07 Å². The van der Waals surface area contributed by atoms with E-state index < -0.39 is 0 Å². The zero-order chi connectivity index (χ0) is 18.8. The number of nitrogens with zero attached hydrogens (tertiary/aromatic N) is 2. The number of hydrogen-bond acceptors (Lipinski definition) is 4. The maximum Gasteiger partial charge on any atom is 0.263 e. The van der Waals surface area contributed by atoms with Gasteiger partial charge in [-0.25, -0.2) is 0 Å². The molecule has 2 saturated heterocycles. The molecule has 144 valence electrons. The van der Waals surface area contributed by atoms with Crippen molar-refractivity contribution in [2.75, 3.05) is 26.2 Å². The molecule has 2 atom stereocenters. The van der Waals surface area contributed by atoms with E-state index in [4.69, 9.17) is 4.74 Å². The molecule has 3 heterocycles. The van der Waals surface area contributed by atoms with E-state index in [0.29, 0.717) is 26.2 Å². The molecular weight excluding hydrogens is 348 g/mol. The predicted octanol–water partition coefficient (Wildman–Crippen LogP) is 3.11. The van der Waals surface area contributed by atoms with Crippen molar-refractivity contribution in [1.29, 1.82) is 0 Å². The second-order valence-electron chi connectivity index (χ2n) is 7.64. The number of likely N-dealkylation sites (tertiary alicyclic amines) is 1. The van der Waals surface area contributed by atoms with E-state index in [-0.39, 0.29) is 29.9 Å². The second-order valence-corrected chi connectivity index (χ2v) is 8.77. The summed E-state index contributed by atoms with van der Waals surface area (Å²) in [7, 11) is 0. The standard InChI is InChI=1S/C20H30N2O3S/c1-5-17-13(2)10-18(26-17)20(24)21-8-6-16(7-9-21)19(23)22-11-14(3)25-15(4)12-22/h10,14-16H,5-9,11-12H2,1-4H3/t14-,15+. The summed E-state index contributed by atoms with van der Waals surface area (Å²) in [6.45, 7) is 10.9. The third kappa shape index (κ3) is 4.12. The average Bonchev–Trinajstić information content (AvgIpc) is 3.00. The normalized spacial score (nSPS) is 24.8. The fourth-order valence-electron chi connectivity index (χ4n) is 4.08. The molecular formula is C20H30N2O3S. The Morgan fingerprint density at radius 3 is 2.31 bits per heavy atom. The number of hydrogen-bond donors (Lipinski definition) is 0. The van der Waals surface area contributed by atoms with Gasteiger partial charge in [-0.1, -0.05) is 6.92 Å². The Morgan fingerprint density at radius 2 is 1.77 bits per heavy atom. The van der Waals surface area contributed by atoms with Crippen LogP contribution in [0.2, 0.25) is 0 Å². The van der Waals surface area contributed by atoms with Crippen LogP contribution in [-0.2, 0) is 16.0 Å². The first-order chi connectivity index (χ1) is 12.4. The molecule has 1 aromatic heterocycles. The van der Waals surface area contributed by atoms with Crippen LogP contribution in [0.5, 0.6) is 0 Å². The van der Waals surface area contributed by atoms with Crippen LogP contribution in [0.3, 0.4) is 0 Å². The summed E-state index contributed by atoms with van der Waals surface area (Å²) < 4.78 is 5.73. The van der Waals surface area contributed by atoms with Crippen molar-refractivity contribution in [3.63, 3.8) is 0 Å². The lowest BCUT2D eigenvalue weighted by Gasteiger charge is -2.39. The van der Waals surface area contributed by atoms with Crippen LogP contribution >= 0.6 is 11.3 Å². The summed E-state index contributed by atoms with van der Waals surface area (Å²) in [4.78, 5) is 31.6. The van der Waals surface area contributed by atoms with Crippen molar-refractivity contribution in [3.8, 4) is 0 Å². The maximum atomic E-state index is 12.8. The molecule has 0 radical (unpaired) electrons. The maximum absolute atomic E-state index is 12.8. The highest BCUT2D eigenvalue weighted by Crippen LogP contribution is 2.27. The van der Waals surface area contributed by atoms with E-state index in [1.54, 1.807) is 11.3 Å². The monoisotopic (exact) mass is 378 g/mol. The Hall–Kier alpha value is -1.40. The minimum atomic E-state index is 0.0350. The zero-order valence-corrected chi connectivity index (χ0v) is 17.1. The summed E-state index contributed by atoms with van der Waals surface area (Å²) in [6.07, 6.45) is 2.68. The number of carbonyl (C=O) groups excluding carboxylic acids is 2. The molecule has 2 fully saturated rings. The van der Waals surface area contributed by atoms with E-state index in [1.165, 1.54) is 10.4 Å². The lowest BCUT2D eigenvalue weighted by atomic mass is 9.94. The molecule has 0 spiro atoms. The summed E-state index contributed by atoms with van der Waals surface area (Å²) >= 11 is 1.61. The molecule has 2 aliphatic heterocycles. The molecule has 0 unspecified atom stereocenters. The van der Waals surface area contributed by atoms with Gasteiger partial charge in [0, 0.05) is 37.0 Å². The molecule has 0 bridgehead atoms. The minimum Gasteiger partial charge on any atom is -0.372 e. The topological polar surface area (TPSA) is 49.9 Å². The molecule has 0 aromatic carbocycles. The van der Waals surface area contributed by atoms with Gasteiger partial charge in [0.1, 0.15) is 0 Å². The van der Waals surface area contributed by atoms with Gasteiger partial charge in [-0.15, -0.1) is 11.3 Å². The first-order valence-corrected chi connectivity index (χ1v) is 10.5. The van der Waals surface area contributed by atoms with Crippen LogP contribution in [0.1, 0.15) is 53.7 Å². The molecule has 1 aromatic rings. The number of piperidine rings is 1. The van der Waals surface area contributed by atoms with Gasteiger partial charge >= 0.3 is 0 Å². The molecule has 3 rings (SSSR count). The molecule has 2 amide bonds. The number of ether oxygens (including phenoxy) is 1. The Kier molecular flexibility index (Phi) is 6.03. The van der Waals surface area contributed by atoms with Gasteiger partial charge < -0.3 is 14.5 Å². The number of carbonyl (C=O) groups is 2. The largest absolute Gasteiger partial charge is 0.372 e. The number of aryl methyl sites for hydroxylation is 2. The van der Waals surface area contributed by atoms with Gasteiger partial charge in [0.05, 0.1) is 17.1 Å². The number of amides is 2. The summed E-state index contributed by atoms with van der Waals surface area (Å²) in [6, 6.07) is 2.01. The van der Waals surface area contributed by atoms with Crippen molar-refractivity contribution in [2.45, 2.75) is 59.2 Å². The van der Waals surface area contributed by atoms with Crippen molar-refractivity contribution >= 4 is 23.2 Å². The fraction of sp³-hybridized carbons (Fsp3) is 0.700. The van der Waals surface area contributed by atoms with Crippen LogP contribution < -0.4 is 0 Å². The zero-order valence-electron chi connectivity index (χ0n) is 16.3. The third-order valence-electron chi connectivity index (χ3n) is 5.42. The average molecular weight is 379 g/mol. The molecule has 0 aliphatic carbocycles. The van der Waals surface area contributed by atoms with Gasteiger partial charge in [-0.2, -0.15) is 0 Å². The second kappa shape index (κ2) is 8.09. The van der Waals surface area contributed by atoms with Gasteiger partial charge in [-0.3, -0.25) is 9.59 Å². The minimum absolute atomic E-state index is 0.0350. The lowest BCUT2D eigenvalue weighted by molar-refractivity contribution is -0.148. The SMILES string of the molecule is CCc1sc(C(=O)N2CCC(C(=O)N3C[C@@H](C)O[C@@H](C)C3)CC2)cc1C. The summed E-state index contributed by atoms with van der Waals surface area (Å²) in [5.41, 5.74) is 1.21. The summed E-state index contributed by atoms with van der Waals surface area (Å²) in [5, 5.41) is 0. The van der Waals surface area contributed by atoms with E-state index in [2.05, 4.69) is 13.8 Å². The van der Waals surface area contributed by atoms with Gasteiger partial charge in [0.15, 0.2) is 0 Å². The van der Waals surface area contributed by atoms with Crippen molar-refractivity contribution in [1.82, 2.24) is 9.80 Å². The number of rotatable bonds is 3. The Bertz CT molecular complexity index is 654. The molecule has 5 nitrogen and oxygen atoms in total. The van der Waals surface area contributed by atoms with Gasteiger partial charge in [0.2, 0.25) is 5.91 Å². The molecule has 2 aliphatic rings. The van der Waals surface area contributed by atoms with E-state index in [9.17, 15) is 9.59 Å². The molecule has 26 heavy (non-hydrogen) atoms. The van der Waals surface area contributed by atoms with Crippen molar-refractivity contribution in [2.24, 2.45) is 5.92 Å². The Morgan fingerprint density at radius 1 is 1.15 bits per heavy atom. The van der Waals surface area contributed by atoms with Crippen LogP contribution in [0, 0.1) is 12.8 Å². The first kappa shape index (κ1) is 19.4. The van der Waals surface area contributed by atoms with E-state index >= 15 is 0 Å². The number of morpholine rings is 1. The highest BCUT2D eigenvalue weighted by molar-refractivity contribution is 7.14. The smallest absolute Gasteiger partial charge is 0.263 e. The van der Waals surface area contributed by atoms with Crippen molar-refractivity contribution in [3.05, 3.63) is 21.4 Å². The van der Waals surface area contributed by atoms with E-state index in [1.807, 2.05) is 29.7 Å². The molecule has 0 N–H and O–H groups in total. The lowest BCUT2D eigenvalue weighted by Crippen LogP contribution is -2.51. The quantitative estimate of drug-likeness (QED) is 0.812. The fourth-order valence-corrected chi connectivity index (χ4v) is 5.16. The van der Waals surface area contributed by atoms with Crippen LogP contribution in [0.4, 0.5) is 0 Å². The van der Waals surface area contributed by atoms with Gasteiger partial charge in [-0.05, 0) is 51.7 Å². The predicted molar refractivity (Wildman–Crippen MR) is 104 cm³/mol. The highest BCUT2D eigenvalue weighted by atomic mass is 32.1.